The van der Waals surface area contributed by atoms with E-state index < -0.39 is 6.03 Å². The molecule has 4 N–H and O–H groups in total. The summed E-state index contributed by atoms with van der Waals surface area (Å²) in [6.45, 7) is 1.72. The molecule has 0 fully saturated rings. The average molecular weight is 169 g/mol. The first-order valence-electron chi connectivity index (χ1n) is 3.36. The van der Waals surface area contributed by atoms with Crippen molar-refractivity contribution in [1.29, 1.82) is 0 Å². The van der Waals surface area contributed by atoms with Crippen LogP contribution in [0, 0.1) is 6.92 Å². The Morgan fingerprint density at radius 1 is 1.75 bits per heavy atom. The van der Waals surface area contributed by atoms with Crippen LogP contribution in [-0.2, 0) is 0 Å². The number of nitrogen functional groups attached to an aromatic ring is 1. The van der Waals surface area contributed by atoms with Gasteiger partial charge in [-0.2, -0.15) is 0 Å². The lowest BCUT2D eigenvalue weighted by atomic mass is 10.5. The van der Waals surface area contributed by atoms with Gasteiger partial charge in [-0.15, -0.1) is 0 Å². The third-order valence-corrected chi connectivity index (χ3v) is 1.50. The van der Waals surface area contributed by atoms with Crippen LogP contribution in [0.1, 0.15) is 5.69 Å². The molecule has 0 aliphatic carbocycles. The minimum absolute atomic E-state index is 0.317. The molecule has 0 aromatic carbocycles. The Hall–Kier alpha value is -1.56. The molecule has 6 heteroatoms. The number of hydrogen-bond acceptors (Lipinski definition) is 4. The summed E-state index contributed by atoms with van der Waals surface area (Å²) < 4.78 is 1.19. The summed E-state index contributed by atoms with van der Waals surface area (Å²) in [6, 6.07) is -0.409. The maximum absolute atomic E-state index is 11.2. The molecule has 1 amide bonds. The third kappa shape index (κ3) is 1.24. The number of hydrazine groups is 1. The minimum Gasteiger partial charge on any atom is -0.383 e. The predicted molar refractivity (Wildman–Crippen MR) is 44.1 cm³/mol. The Morgan fingerprint density at radius 3 is 2.67 bits per heavy atom. The van der Waals surface area contributed by atoms with Gasteiger partial charge in [0.05, 0.1) is 5.69 Å². The first-order chi connectivity index (χ1) is 5.54. The van der Waals surface area contributed by atoms with Crippen LogP contribution in [0.25, 0.3) is 0 Å². The number of carbonyl (C=O) groups is 1. The number of aryl methyl sites for hydroxylation is 1. The second-order valence-corrected chi connectivity index (χ2v) is 2.48. The number of nitrogens with zero attached hydrogens (tertiary/aromatic N) is 3. The molecule has 1 rings (SSSR count). The molecule has 1 heterocycles. The van der Waals surface area contributed by atoms with E-state index in [4.69, 9.17) is 11.6 Å². The van der Waals surface area contributed by atoms with Crippen molar-refractivity contribution in [3.63, 3.8) is 0 Å². The van der Waals surface area contributed by atoms with Crippen LogP contribution in [0.15, 0.2) is 6.33 Å². The lowest BCUT2D eigenvalue weighted by Gasteiger charge is -2.10. The highest BCUT2D eigenvalue weighted by Gasteiger charge is 2.12. The van der Waals surface area contributed by atoms with Crippen molar-refractivity contribution in [2.45, 2.75) is 6.92 Å². The summed E-state index contributed by atoms with van der Waals surface area (Å²) in [5.41, 5.74) is 6.15. The van der Waals surface area contributed by atoms with Gasteiger partial charge in [-0.25, -0.2) is 20.2 Å². The topological polar surface area (TPSA) is 90.2 Å². The van der Waals surface area contributed by atoms with Gasteiger partial charge in [0.15, 0.2) is 0 Å². The standard InChI is InChI=1S/C6H11N5O/c1-4-5(7)11(3-9-4)6(12)10(2)8/h3H,7-8H2,1-2H3. The van der Waals surface area contributed by atoms with E-state index in [1.807, 2.05) is 0 Å². The number of aromatic nitrogens is 2. The molecule has 66 valence electrons. The summed E-state index contributed by atoms with van der Waals surface area (Å²) >= 11 is 0. The van der Waals surface area contributed by atoms with Gasteiger partial charge in [0.1, 0.15) is 12.1 Å². The van der Waals surface area contributed by atoms with Gasteiger partial charge in [-0.1, -0.05) is 0 Å². The summed E-state index contributed by atoms with van der Waals surface area (Å²) in [6.07, 6.45) is 1.34. The molecule has 12 heavy (non-hydrogen) atoms. The van der Waals surface area contributed by atoms with E-state index in [2.05, 4.69) is 4.98 Å². The Balaban J connectivity index is 3.04. The Kier molecular flexibility index (Phi) is 2.01. The van der Waals surface area contributed by atoms with Crippen molar-refractivity contribution in [2.24, 2.45) is 5.84 Å². The van der Waals surface area contributed by atoms with Crippen molar-refractivity contribution >= 4 is 11.8 Å². The second kappa shape index (κ2) is 2.82. The molecule has 1 aromatic heterocycles. The van der Waals surface area contributed by atoms with Crippen molar-refractivity contribution in [1.82, 2.24) is 14.6 Å². The maximum Gasteiger partial charge on any atom is 0.344 e. The molecule has 0 aliphatic rings. The molecule has 0 bridgehead atoms. The molecule has 0 radical (unpaired) electrons. The van der Waals surface area contributed by atoms with E-state index >= 15 is 0 Å². The Bertz CT molecular complexity index is 303. The highest BCUT2D eigenvalue weighted by atomic mass is 16.2. The van der Waals surface area contributed by atoms with Crippen LogP contribution in [0.5, 0.6) is 0 Å². The number of rotatable bonds is 0. The molecule has 0 unspecified atom stereocenters. The number of amides is 1. The first kappa shape index (κ1) is 8.54. The fraction of sp³-hybridized carbons (Fsp3) is 0.333. The summed E-state index contributed by atoms with van der Waals surface area (Å²) in [5, 5.41) is 0.942. The monoisotopic (exact) mass is 169 g/mol. The number of nitrogens with two attached hydrogens (primary N) is 2. The van der Waals surface area contributed by atoms with Crippen LogP contribution < -0.4 is 11.6 Å². The summed E-state index contributed by atoms with van der Waals surface area (Å²) in [7, 11) is 1.44. The normalized spacial score (nSPS) is 9.92. The molecular weight excluding hydrogens is 158 g/mol. The molecule has 0 spiro atoms. The van der Waals surface area contributed by atoms with Gasteiger partial charge in [0.2, 0.25) is 0 Å². The van der Waals surface area contributed by atoms with Gasteiger partial charge < -0.3 is 5.73 Å². The van der Waals surface area contributed by atoms with Crippen molar-refractivity contribution in [3.05, 3.63) is 12.0 Å². The maximum atomic E-state index is 11.2. The van der Waals surface area contributed by atoms with Crippen molar-refractivity contribution < 1.29 is 4.79 Å². The lowest BCUT2D eigenvalue weighted by molar-refractivity contribution is 0.212. The van der Waals surface area contributed by atoms with Gasteiger partial charge in [0, 0.05) is 7.05 Å². The van der Waals surface area contributed by atoms with E-state index in [-0.39, 0.29) is 0 Å². The van der Waals surface area contributed by atoms with Crippen LogP contribution in [0.2, 0.25) is 0 Å². The van der Waals surface area contributed by atoms with E-state index in [0.29, 0.717) is 11.5 Å². The van der Waals surface area contributed by atoms with Gasteiger partial charge in [0.25, 0.3) is 0 Å². The van der Waals surface area contributed by atoms with Crippen LogP contribution in [-0.4, -0.2) is 27.6 Å². The van der Waals surface area contributed by atoms with Crippen molar-refractivity contribution in [2.75, 3.05) is 12.8 Å². The zero-order chi connectivity index (χ0) is 9.30. The summed E-state index contributed by atoms with van der Waals surface area (Å²) in [4.78, 5) is 15.1. The van der Waals surface area contributed by atoms with Gasteiger partial charge >= 0.3 is 6.03 Å². The number of anilines is 1. The SMILES string of the molecule is Cc1ncn(C(=O)N(C)N)c1N. The van der Waals surface area contributed by atoms with Crippen LogP contribution in [0.3, 0.4) is 0 Å². The molecule has 0 aliphatic heterocycles. The van der Waals surface area contributed by atoms with E-state index in [1.165, 1.54) is 17.9 Å². The molecule has 0 atom stereocenters. The molecule has 0 saturated carbocycles. The Labute approximate surface area is 69.7 Å². The molecule has 6 nitrogen and oxygen atoms in total. The largest absolute Gasteiger partial charge is 0.383 e. The van der Waals surface area contributed by atoms with Gasteiger partial charge in [-0.3, -0.25) is 5.01 Å². The second-order valence-electron chi connectivity index (χ2n) is 2.48. The fourth-order valence-electron chi connectivity index (χ4n) is 0.769. The van der Waals surface area contributed by atoms with Gasteiger partial charge in [-0.05, 0) is 6.92 Å². The van der Waals surface area contributed by atoms with E-state index in [0.717, 1.165) is 5.01 Å². The van der Waals surface area contributed by atoms with E-state index in [9.17, 15) is 4.79 Å². The fourth-order valence-corrected chi connectivity index (χ4v) is 0.769. The first-order valence-corrected chi connectivity index (χ1v) is 3.36. The third-order valence-electron chi connectivity index (χ3n) is 1.50. The predicted octanol–water partition coefficient (Wildman–Crippen LogP) is -0.453. The number of carbonyl (C=O) groups excluding carboxylic acids is 1. The summed E-state index contributed by atoms with van der Waals surface area (Å²) in [5.74, 6) is 5.54. The lowest BCUT2D eigenvalue weighted by Crippen LogP contribution is -2.36. The number of hydrogen-bond donors (Lipinski definition) is 2. The molecule has 1 aromatic rings. The Morgan fingerprint density at radius 2 is 2.33 bits per heavy atom. The highest BCUT2D eigenvalue weighted by Crippen LogP contribution is 2.07. The van der Waals surface area contributed by atoms with Crippen LogP contribution >= 0.6 is 0 Å². The smallest absolute Gasteiger partial charge is 0.344 e. The highest BCUT2D eigenvalue weighted by molar-refractivity contribution is 5.79. The minimum atomic E-state index is -0.409. The zero-order valence-electron chi connectivity index (χ0n) is 6.98. The van der Waals surface area contributed by atoms with Crippen molar-refractivity contribution in [3.8, 4) is 0 Å². The van der Waals surface area contributed by atoms with E-state index in [1.54, 1.807) is 6.92 Å². The zero-order valence-corrected chi connectivity index (χ0v) is 6.98. The van der Waals surface area contributed by atoms with Crippen LogP contribution in [0.4, 0.5) is 10.6 Å². The quantitative estimate of drug-likeness (QED) is 0.312. The molecule has 0 saturated heterocycles. The average Bonchev–Trinajstić information content (AvgIpc) is 2.32. The molecular formula is C6H11N5O. The number of imidazole rings is 1.